The summed E-state index contributed by atoms with van der Waals surface area (Å²) in [5.41, 5.74) is 9.79. The maximum absolute atomic E-state index is 12.5. The van der Waals surface area contributed by atoms with Crippen LogP contribution in [0, 0.1) is 5.41 Å². The number of nitrogens with two attached hydrogens (primary N) is 2. The Balaban J connectivity index is 3.96. The van der Waals surface area contributed by atoms with Crippen molar-refractivity contribution in [1.82, 2.24) is 0 Å². The van der Waals surface area contributed by atoms with Gasteiger partial charge in [-0.05, 0) is 30.9 Å². The highest BCUT2D eigenvalue weighted by atomic mass is 35.5. The number of alkyl halides is 3. The molecule has 0 spiro atoms. The number of hydrogen-bond donors (Lipinski definition) is 4. The third-order valence-corrected chi connectivity index (χ3v) is 2.24. The highest BCUT2D eigenvalue weighted by molar-refractivity contribution is 6.24. The molecular weight excluding hydrogens is 244 g/mol. The van der Waals surface area contributed by atoms with Crippen LogP contribution in [0.5, 0.6) is 0 Å². The van der Waals surface area contributed by atoms with Crippen LogP contribution < -0.4 is 11.5 Å². The third-order valence-electron chi connectivity index (χ3n) is 2.01. The van der Waals surface area contributed by atoms with E-state index in [1.165, 1.54) is 0 Å². The van der Waals surface area contributed by atoms with Gasteiger partial charge in [0.2, 0.25) is 0 Å². The van der Waals surface area contributed by atoms with Crippen LogP contribution in [0.25, 0.3) is 0 Å². The molecule has 5 nitrogen and oxygen atoms in total. The van der Waals surface area contributed by atoms with Crippen molar-refractivity contribution in [2.45, 2.75) is 36.7 Å². The van der Waals surface area contributed by atoms with Gasteiger partial charge >= 0.3 is 11.4 Å². The van der Waals surface area contributed by atoms with Crippen molar-refractivity contribution in [2.75, 3.05) is 0 Å². The number of carboxylic acids is 1. The summed E-state index contributed by atoms with van der Waals surface area (Å²) in [6, 6.07) is -2.91. The summed E-state index contributed by atoms with van der Waals surface area (Å²) in [5.74, 6) is -1.17. The first-order valence-corrected chi connectivity index (χ1v) is 4.92. The van der Waals surface area contributed by atoms with Crippen molar-refractivity contribution < 1.29 is 18.7 Å². The molecule has 8 heteroatoms. The van der Waals surface area contributed by atoms with Crippen molar-refractivity contribution in [1.29, 1.82) is 5.41 Å². The van der Waals surface area contributed by atoms with E-state index in [0.717, 1.165) is 0 Å². The fourth-order valence-corrected chi connectivity index (χ4v) is 1.12. The van der Waals surface area contributed by atoms with E-state index in [0.29, 0.717) is 0 Å². The average Bonchev–Trinajstić information content (AvgIpc) is 2.14. The van der Waals surface area contributed by atoms with E-state index >= 15 is 0 Å². The van der Waals surface area contributed by atoms with Gasteiger partial charge in [-0.2, -0.15) is 8.78 Å². The normalized spacial score (nSPS) is 15.6. The van der Waals surface area contributed by atoms with Crippen LogP contribution in [0.15, 0.2) is 0 Å². The molecule has 0 radical (unpaired) electrons. The van der Waals surface area contributed by atoms with E-state index in [1.807, 2.05) is 0 Å². The minimum Gasteiger partial charge on any atom is -0.480 e. The topological polar surface area (TPSA) is 113 Å². The number of hydrogen-bond acceptors (Lipinski definition) is 4. The Morgan fingerprint density at radius 3 is 2.38 bits per heavy atom. The van der Waals surface area contributed by atoms with Gasteiger partial charge in [0, 0.05) is 5.71 Å². The minimum atomic E-state index is -3.66. The summed E-state index contributed by atoms with van der Waals surface area (Å²) in [5, 5.41) is 12.0. The lowest BCUT2D eigenvalue weighted by Crippen LogP contribution is -2.43. The lowest BCUT2D eigenvalue weighted by molar-refractivity contribution is -0.138. The van der Waals surface area contributed by atoms with Gasteiger partial charge in [0.25, 0.3) is 0 Å². The van der Waals surface area contributed by atoms with Crippen molar-refractivity contribution >= 4 is 23.3 Å². The van der Waals surface area contributed by atoms with E-state index in [-0.39, 0.29) is 19.3 Å². The Kier molecular flexibility index (Phi) is 5.77. The zero-order chi connectivity index (χ0) is 12.9. The molecule has 0 saturated heterocycles. The Bertz CT molecular complexity index is 270. The van der Waals surface area contributed by atoms with Crippen molar-refractivity contribution in [3.8, 4) is 0 Å². The Morgan fingerprint density at radius 2 is 2.00 bits per heavy atom. The van der Waals surface area contributed by atoms with Crippen LogP contribution >= 0.6 is 11.6 Å². The van der Waals surface area contributed by atoms with Gasteiger partial charge in [-0.15, -0.1) is 0 Å². The molecule has 16 heavy (non-hydrogen) atoms. The summed E-state index contributed by atoms with van der Waals surface area (Å²) < 4.78 is 24.9. The van der Waals surface area contributed by atoms with Crippen molar-refractivity contribution in [3.63, 3.8) is 0 Å². The highest BCUT2D eigenvalue weighted by Gasteiger charge is 2.36. The molecule has 94 valence electrons. The molecule has 6 N–H and O–H groups in total. The lowest BCUT2D eigenvalue weighted by Gasteiger charge is -2.18. The number of aliphatic carboxylic acids is 1. The zero-order valence-corrected chi connectivity index (χ0v) is 9.18. The third kappa shape index (κ3) is 5.34. The van der Waals surface area contributed by atoms with Gasteiger partial charge in [0.15, 0.2) is 0 Å². The van der Waals surface area contributed by atoms with Gasteiger partial charge in [-0.3, -0.25) is 4.79 Å². The van der Waals surface area contributed by atoms with E-state index in [4.69, 9.17) is 22.0 Å². The molecule has 0 heterocycles. The Hall–Kier alpha value is -0.790. The van der Waals surface area contributed by atoms with Crippen LogP contribution in [0.3, 0.4) is 0 Å². The highest BCUT2D eigenvalue weighted by Crippen LogP contribution is 2.23. The smallest absolute Gasteiger partial charge is 0.341 e. The molecule has 1 unspecified atom stereocenters. The van der Waals surface area contributed by atoms with Gasteiger partial charge in [0.1, 0.15) is 12.1 Å². The summed E-state index contributed by atoms with van der Waals surface area (Å²) in [6.07, 6.45) is 0.246. The predicted molar refractivity (Wildman–Crippen MR) is 56.0 cm³/mol. The fourth-order valence-electron chi connectivity index (χ4n) is 0.989. The fraction of sp³-hybridized carbons (Fsp3) is 0.750. The molecule has 0 rings (SSSR count). The number of carbonyl (C=O) groups is 1. The van der Waals surface area contributed by atoms with Gasteiger partial charge in [-0.25, -0.2) is 0 Å². The number of rotatable bonds is 7. The summed E-state index contributed by atoms with van der Waals surface area (Å²) in [4.78, 5) is 10.3. The van der Waals surface area contributed by atoms with Crippen molar-refractivity contribution in [3.05, 3.63) is 0 Å². The lowest BCUT2D eigenvalue weighted by atomic mass is 10.0. The van der Waals surface area contributed by atoms with Gasteiger partial charge in [0.05, 0.1) is 0 Å². The Labute approximate surface area is 96.2 Å². The van der Waals surface area contributed by atoms with Crippen LogP contribution in [0.2, 0.25) is 0 Å². The SMILES string of the molecule is N=C(CCC[C@H](N)C(=O)O)C(N)C(F)(F)Cl. The van der Waals surface area contributed by atoms with Crippen LogP contribution in [0.4, 0.5) is 8.78 Å². The molecule has 0 aliphatic rings. The first-order valence-electron chi connectivity index (χ1n) is 4.54. The first kappa shape index (κ1) is 15.2. The van der Waals surface area contributed by atoms with Gasteiger partial charge < -0.3 is 22.0 Å². The first-order chi connectivity index (χ1) is 7.16. The Morgan fingerprint density at radius 1 is 1.50 bits per heavy atom. The molecule has 0 saturated carbocycles. The minimum absolute atomic E-state index is 0.0511. The molecule has 0 fully saturated rings. The largest absolute Gasteiger partial charge is 0.480 e. The van der Waals surface area contributed by atoms with E-state index in [1.54, 1.807) is 0 Å². The summed E-state index contributed by atoms with van der Waals surface area (Å²) >= 11 is 4.65. The van der Waals surface area contributed by atoms with E-state index < -0.39 is 29.1 Å². The second-order valence-electron chi connectivity index (χ2n) is 3.38. The second-order valence-corrected chi connectivity index (χ2v) is 3.89. The van der Waals surface area contributed by atoms with Gasteiger partial charge in [-0.1, -0.05) is 0 Å². The van der Waals surface area contributed by atoms with Crippen LogP contribution in [-0.4, -0.2) is 34.3 Å². The van der Waals surface area contributed by atoms with E-state index in [9.17, 15) is 13.6 Å². The number of nitrogens with one attached hydrogen (secondary N) is 1. The average molecular weight is 258 g/mol. The molecule has 0 aliphatic heterocycles. The number of carboxylic acid groups (broad SMARTS) is 1. The molecule has 0 aromatic carbocycles. The van der Waals surface area contributed by atoms with E-state index in [2.05, 4.69) is 11.6 Å². The zero-order valence-electron chi connectivity index (χ0n) is 8.42. The predicted octanol–water partition coefficient (Wildman–Crippen LogP) is 0.747. The monoisotopic (exact) mass is 257 g/mol. The second kappa shape index (κ2) is 6.07. The van der Waals surface area contributed by atoms with Crippen LogP contribution in [0.1, 0.15) is 19.3 Å². The molecule has 0 amide bonds. The molecular formula is C8H14ClF2N3O2. The standard InChI is InChI=1S/C8H14ClF2N3O2/c9-8(10,11)6(14)4(12)2-1-3-5(13)7(15)16/h5-6,12H,1-3,13-14H2,(H,15,16)/t5-,6?/m0/s1. The maximum Gasteiger partial charge on any atom is 0.341 e. The van der Waals surface area contributed by atoms with Crippen LogP contribution in [-0.2, 0) is 4.79 Å². The molecule has 0 aromatic rings. The molecule has 0 aromatic heterocycles. The maximum atomic E-state index is 12.5. The molecule has 0 aliphatic carbocycles. The number of halogens is 3. The quantitative estimate of drug-likeness (QED) is 0.398. The summed E-state index contributed by atoms with van der Waals surface area (Å²) in [7, 11) is 0. The van der Waals surface area contributed by atoms with Crippen molar-refractivity contribution in [2.24, 2.45) is 11.5 Å². The molecule has 0 bridgehead atoms. The summed E-state index contributed by atoms with van der Waals surface area (Å²) in [6.45, 7) is 0. The molecule has 2 atom stereocenters.